The summed E-state index contributed by atoms with van der Waals surface area (Å²) in [6.07, 6.45) is 3.75. The quantitative estimate of drug-likeness (QED) is 0.673. The summed E-state index contributed by atoms with van der Waals surface area (Å²) in [6, 6.07) is 10.9. The molecule has 2 fully saturated rings. The molecule has 29 heavy (non-hydrogen) atoms. The van der Waals surface area contributed by atoms with Crippen LogP contribution in [0.25, 0.3) is 10.9 Å². The third-order valence-corrected chi connectivity index (χ3v) is 6.72. The van der Waals surface area contributed by atoms with E-state index in [2.05, 4.69) is 23.3 Å². The van der Waals surface area contributed by atoms with Gasteiger partial charge in [-0.15, -0.1) is 0 Å². The number of fused-ring (bicyclic) bond motifs is 2. The molecule has 148 valence electrons. The molecule has 0 spiro atoms. The third-order valence-electron chi connectivity index (χ3n) is 6.72. The van der Waals surface area contributed by atoms with Gasteiger partial charge < -0.3 is 19.8 Å². The van der Waals surface area contributed by atoms with E-state index in [-0.39, 0.29) is 23.8 Å². The molecule has 2 aliphatic carbocycles. The molecule has 2 heterocycles. The number of nitrogens with one attached hydrogen (secondary N) is 2. The Bertz CT molecular complexity index is 1170. The van der Waals surface area contributed by atoms with E-state index in [9.17, 15) is 9.18 Å². The van der Waals surface area contributed by atoms with Gasteiger partial charge in [-0.2, -0.15) is 0 Å². The lowest BCUT2D eigenvalue weighted by atomic mass is 9.94. The Morgan fingerprint density at radius 3 is 2.62 bits per heavy atom. The first kappa shape index (κ1) is 16.9. The molecule has 0 bridgehead atoms. The topological polar surface area (TPSA) is 63.4 Å². The van der Waals surface area contributed by atoms with Crippen molar-refractivity contribution in [3.63, 3.8) is 0 Å². The van der Waals surface area contributed by atoms with Crippen molar-refractivity contribution >= 4 is 22.5 Å². The van der Waals surface area contributed by atoms with Gasteiger partial charge in [-0.3, -0.25) is 4.79 Å². The van der Waals surface area contributed by atoms with Gasteiger partial charge in [0.25, 0.3) is 0 Å². The SMILES string of the molecule is CC1(c2cc3cc(NC(=O)C4(c5ccc6c(c5)OCO6)CC4)c(F)cc3[nH]2)CC1. The van der Waals surface area contributed by atoms with Crippen LogP contribution in [-0.4, -0.2) is 17.7 Å². The van der Waals surface area contributed by atoms with Crippen LogP contribution in [0.2, 0.25) is 0 Å². The van der Waals surface area contributed by atoms with Crippen molar-refractivity contribution in [2.24, 2.45) is 0 Å². The largest absolute Gasteiger partial charge is 0.454 e. The maximum atomic E-state index is 14.7. The van der Waals surface area contributed by atoms with Crippen LogP contribution in [0.3, 0.4) is 0 Å². The maximum absolute atomic E-state index is 14.7. The van der Waals surface area contributed by atoms with Gasteiger partial charge in [-0.25, -0.2) is 4.39 Å². The second kappa shape index (κ2) is 5.53. The van der Waals surface area contributed by atoms with Crippen molar-refractivity contribution in [3.05, 3.63) is 53.5 Å². The summed E-state index contributed by atoms with van der Waals surface area (Å²) in [5.41, 5.74) is 2.55. The summed E-state index contributed by atoms with van der Waals surface area (Å²) in [5.74, 6) is 0.734. The number of carbonyl (C=O) groups is 1. The molecule has 6 rings (SSSR count). The molecule has 3 aliphatic rings. The van der Waals surface area contributed by atoms with Crippen LogP contribution in [0.1, 0.15) is 43.9 Å². The summed E-state index contributed by atoms with van der Waals surface area (Å²) in [7, 11) is 0. The standard InChI is InChI=1S/C23H21FN2O3/c1-22(4-5-22)20-9-13-8-17(15(24)11-16(13)25-20)26-21(27)23(6-7-23)14-2-3-18-19(10-14)29-12-28-18/h2-3,8-11,25H,4-7,12H2,1H3,(H,26,27). The molecule has 0 saturated heterocycles. The molecule has 0 radical (unpaired) electrons. The minimum atomic E-state index is -0.632. The van der Waals surface area contributed by atoms with Gasteiger partial charge in [0.1, 0.15) is 5.82 Å². The molecule has 1 amide bonds. The van der Waals surface area contributed by atoms with E-state index >= 15 is 0 Å². The lowest BCUT2D eigenvalue weighted by molar-refractivity contribution is -0.118. The van der Waals surface area contributed by atoms with E-state index in [0.717, 1.165) is 47.8 Å². The fraction of sp³-hybridized carbons (Fsp3) is 0.348. The Morgan fingerprint density at radius 1 is 1.07 bits per heavy atom. The van der Waals surface area contributed by atoms with Crippen LogP contribution >= 0.6 is 0 Å². The molecular weight excluding hydrogens is 371 g/mol. The lowest BCUT2D eigenvalue weighted by Gasteiger charge is -2.17. The van der Waals surface area contributed by atoms with Crippen molar-refractivity contribution in [2.45, 2.75) is 43.4 Å². The molecule has 6 heteroatoms. The minimum absolute atomic E-state index is 0.177. The zero-order chi connectivity index (χ0) is 19.8. The number of aromatic nitrogens is 1. The molecule has 2 N–H and O–H groups in total. The number of rotatable bonds is 4. The summed E-state index contributed by atoms with van der Waals surface area (Å²) in [4.78, 5) is 16.4. The zero-order valence-electron chi connectivity index (χ0n) is 16.1. The number of halogens is 1. The van der Waals surface area contributed by atoms with Crippen LogP contribution < -0.4 is 14.8 Å². The minimum Gasteiger partial charge on any atom is -0.454 e. The Hall–Kier alpha value is -3.02. The number of benzene rings is 2. The lowest BCUT2D eigenvalue weighted by Crippen LogP contribution is -2.28. The number of amides is 1. The fourth-order valence-electron chi connectivity index (χ4n) is 4.24. The molecule has 1 aliphatic heterocycles. The smallest absolute Gasteiger partial charge is 0.235 e. The highest BCUT2D eigenvalue weighted by Gasteiger charge is 2.52. The van der Waals surface area contributed by atoms with Crippen molar-refractivity contribution in [2.75, 3.05) is 12.1 Å². The molecular formula is C23H21FN2O3. The zero-order valence-corrected chi connectivity index (χ0v) is 16.1. The second-order valence-corrected chi connectivity index (χ2v) is 8.77. The number of ether oxygens (including phenoxy) is 2. The van der Waals surface area contributed by atoms with E-state index in [0.29, 0.717) is 11.5 Å². The Balaban J connectivity index is 1.30. The number of H-pyrrole nitrogens is 1. The molecule has 2 aromatic carbocycles. The van der Waals surface area contributed by atoms with Crippen molar-refractivity contribution < 1.29 is 18.7 Å². The molecule has 2 saturated carbocycles. The van der Waals surface area contributed by atoms with Crippen LogP contribution in [-0.2, 0) is 15.6 Å². The van der Waals surface area contributed by atoms with E-state index in [4.69, 9.17) is 9.47 Å². The van der Waals surface area contributed by atoms with E-state index < -0.39 is 11.2 Å². The predicted molar refractivity (Wildman–Crippen MR) is 107 cm³/mol. The predicted octanol–water partition coefficient (Wildman–Crippen LogP) is 4.76. The van der Waals surface area contributed by atoms with Gasteiger partial charge in [0, 0.05) is 28.1 Å². The maximum Gasteiger partial charge on any atom is 0.235 e. The molecule has 1 aromatic heterocycles. The summed E-state index contributed by atoms with van der Waals surface area (Å²) < 4.78 is 25.5. The highest BCUT2D eigenvalue weighted by molar-refractivity contribution is 6.02. The van der Waals surface area contributed by atoms with Gasteiger partial charge in [0.15, 0.2) is 11.5 Å². The first-order chi connectivity index (χ1) is 14.0. The van der Waals surface area contributed by atoms with Gasteiger partial charge >= 0.3 is 0 Å². The average Bonchev–Trinajstić information content (AvgIpc) is 3.57. The van der Waals surface area contributed by atoms with E-state index in [1.807, 2.05) is 18.2 Å². The first-order valence-electron chi connectivity index (χ1n) is 10.0. The first-order valence-corrected chi connectivity index (χ1v) is 10.0. The number of hydrogen-bond acceptors (Lipinski definition) is 3. The number of carbonyl (C=O) groups excluding carboxylic acids is 1. The molecule has 3 aromatic rings. The highest BCUT2D eigenvalue weighted by atomic mass is 19.1. The van der Waals surface area contributed by atoms with Crippen LogP contribution in [0, 0.1) is 5.82 Å². The molecule has 0 unspecified atom stereocenters. The number of aromatic amines is 1. The molecule has 5 nitrogen and oxygen atoms in total. The van der Waals surface area contributed by atoms with Crippen LogP contribution in [0.4, 0.5) is 10.1 Å². The Morgan fingerprint density at radius 2 is 1.86 bits per heavy atom. The summed E-state index contributed by atoms with van der Waals surface area (Å²) >= 11 is 0. The van der Waals surface area contributed by atoms with Crippen molar-refractivity contribution in [1.82, 2.24) is 4.98 Å². The van der Waals surface area contributed by atoms with E-state index in [1.165, 1.54) is 6.07 Å². The second-order valence-electron chi connectivity index (χ2n) is 8.77. The highest BCUT2D eigenvalue weighted by Crippen LogP contribution is 2.51. The summed E-state index contributed by atoms with van der Waals surface area (Å²) in [5, 5.41) is 3.75. The third kappa shape index (κ3) is 2.55. The molecule has 0 atom stereocenters. The van der Waals surface area contributed by atoms with E-state index in [1.54, 1.807) is 6.07 Å². The van der Waals surface area contributed by atoms with Crippen molar-refractivity contribution in [3.8, 4) is 11.5 Å². The van der Waals surface area contributed by atoms with Crippen LogP contribution in [0.15, 0.2) is 36.4 Å². The van der Waals surface area contributed by atoms with Gasteiger partial charge in [0.05, 0.1) is 11.1 Å². The monoisotopic (exact) mass is 392 g/mol. The Labute approximate surface area is 167 Å². The van der Waals surface area contributed by atoms with Gasteiger partial charge in [-0.05, 0) is 55.5 Å². The van der Waals surface area contributed by atoms with Crippen molar-refractivity contribution in [1.29, 1.82) is 0 Å². The average molecular weight is 392 g/mol. The fourth-order valence-corrected chi connectivity index (χ4v) is 4.24. The normalized spacial score (nSPS) is 19.9. The van der Waals surface area contributed by atoms with Gasteiger partial charge in [-0.1, -0.05) is 13.0 Å². The van der Waals surface area contributed by atoms with Crippen LogP contribution in [0.5, 0.6) is 11.5 Å². The summed E-state index contributed by atoms with van der Waals surface area (Å²) in [6.45, 7) is 2.40. The Kier molecular flexibility index (Phi) is 3.22. The van der Waals surface area contributed by atoms with Gasteiger partial charge in [0.2, 0.25) is 12.7 Å². The number of hydrogen-bond donors (Lipinski definition) is 2. The number of anilines is 1.